The predicted molar refractivity (Wildman–Crippen MR) is 159 cm³/mol. The van der Waals surface area contributed by atoms with Crippen LogP contribution in [0, 0.1) is 0 Å². The lowest BCUT2D eigenvalue weighted by Gasteiger charge is -2.21. The van der Waals surface area contributed by atoms with Gasteiger partial charge in [-0.1, -0.05) is 48.6 Å². The minimum atomic E-state index is -0.209. The monoisotopic (exact) mass is 504 g/mol. The lowest BCUT2D eigenvalue weighted by atomic mass is 10.1. The summed E-state index contributed by atoms with van der Waals surface area (Å²) in [4.78, 5) is 9.12. The van der Waals surface area contributed by atoms with Crippen LogP contribution in [0.25, 0.3) is 35.7 Å². The third-order valence-corrected chi connectivity index (χ3v) is 5.38. The summed E-state index contributed by atoms with van der Waals surface area (Å²) in [6.45, 7) is 12.3. The van der Waals surface area contributed by atoms with Crippen molar-refractivity contribution in [2.75, 3.05) is 0 Å². The predicted octanol–water partition coefficient (Wildman–Crippen LogP) is 8.84. The van der Waals surface area contributed by atoms with Gasteiger partial charge >= 0.3 is 0 Å². The van der Waals surface area contributed by atoms with E-state index < -0.39 is 0 Å². The first-order valence-corrected chi connectivity index (χ1v) is 12.9. The molecule has 4 heteroatoms. The number of ether oxygens (including phenoxy) is 2. The minimum absolute atomic E-state index is 0.209. The van der Waals surface area contributed by atoms with Crippen molar-refractivity contribution in [3.05, 3.63) is 107 Å². The maximum atomic E-state index is 5.91. The Labute approximate surface area is 226 Å². The fourth-order valence-electron chi connectivity index (χ4n) is 3.77. The van der Waals surface area contributed by atoms with E-state index in [9.17, 15) is 0 Å². The van der Waals surface area contributed by atoms with Crippen molar-refractivity contribution in [1.29, 1.82) is 0 Å². The van der Waals surface area contributed by atoms with Crippen LogP contribution in [-0.2, 0) is 0 Å². The number of hydrogen-bond acceptors (Lipinski definition) is 4. The van der Waals surface area contributed by atoms with Gasteiger partial charge in [-0.25, -0.2) is 0 Å². The molecular formula is C34H36N2O2. The van der Waals surface area contributed by atoms with E-state index in [-0.39, 0.29) is 11.2 Å². The normalized spacial score (nSPS) is 12.3. The van der Waals surface area contributed by atoms with Crippen LogP contribution >= 0.6 is 0 Å². The molecule has 0 atom stereocenters. The van der Waals surface area contributed by atoms with Gasteiger partial charge in [-0.3, -0.25) is 9.97 Å². The highest BCUT2D eigenvalue weighted by Crippen LogP contribution is 2.23. The largest absolute Gasteiger partial charge is 0.488 e. The molecular weight excluding hydrogens is 468 g/mol. The molecule has 0 radical (unpaired) electrons. The molecule has 2 aromatic heterocycles. The summed E-state index contributed by atoms with van der Waals surface area (Å²) in [6.07, 6.45) is 12.0. The molecule has 4 rings (SSSR count). The Hall–Kier alpha value is -4.18. The summed E-state index contributed by atoms with van der Waals surface area (Å²) in [5.74, 6) is 1.74. The summed E-state index contributed by atoms with van der Waals surface area (Å²) in [5.41, 5.74) is 5.58. The second-order valence-corrected chi connectivity index (χ2v) is 11.2. The van der Waals surface area contributed by atoms with Crippen molar-refractivity contribution in [3.8, 4) is 22.9 Å². The van der Waals surface area contributed by atoms with Crippen molar-refractivity contribution in [3.63, 3.8) is 0 Å². The summed E-state index contributed by atoms with van der Waals surface area (Å²) in [5, 5.41) is 0. The topological polar surface area (TPSA) is 44.2 Å². The molecule has 2 heterocycles. The molecule has 194 valence electrons. The molecule has 0 aliphatic rings. The molecule has 4 nitrogen and oxygen atoms in total. The van der Waals surface area contributed by atoms with E-state index in [1.54, 1.807) is 0 Å². The van der Waals surface area contributed by atoms with Crippen LogP contribution in [0.15, 0.2) is 85.2 Å². The number of benzene rings is 2. The molecule has 0 bridgehead atoms. The third-order valence-electron chi connectivity index (χ3n) is 5.38. The fourth-order valence-corrected chi connectivity index (χ4v) is 3.77. The molecule has 0 saturated heterocycles. The molecule has 0 aliphatic heterocycles. The zero-order valence-electron chi connectivity index (χ0n) is 23.1. The first-order chi connectivity index (χ1) is 18.0. The summed E-state index contributed by atoms with van der Waals surface area (Å²) >= 11 is 0. The Morgan fingerprint density at radius 1 is 0.474 bits per heavy atom. The van der Waals surface area contributed by atoms with Gasteiger partial charge < -0.3 is 9.47 Å². The van der Waals surface area contributed by atoms with E-state index in [1.807, 2.05) is 90.3 Å². The fraction of sp³-hybridized carbons (Fsp3) is 0.235. The van der Waals surface area contributed by atoms with Crippen LogP contribution in [0.1, 0.15) is 63.8 Å². The van der Waals surface area contributed by atoms with Crippen LogP contribution in [0.3, 0.4) is 0 Å². The maximum absolute atomic E-state index is 5.91. The maximum Gasteiger partial charge on any atom is 0.120 e. The van der Waals surface area contributed by atoms with E-state index >= 15 is 0 Å². The summed E-state index contributed by atoms with van der Waals surface area (Å²) < 4.78 is 11.8. The second kappa shape index (κ2) is 11.5. The van der Waals surface area contributed by atoms with E-state index in [1.165, 1.54) is 0 Å². The standard InChI is InChI=1S/C34H36N2O2/c1-33(2,3)37-29-15-11-25(12-16-29)7-9-27-19-21-35-31(23-27)32-24-28(20-22-36-32)10-8-26-13-17-30(18-14-26)38-34(4,5)6/h7-24H,1-6H3. The van der Waals surface area contributed by atoms with Gasteiger partial charge in [0.25, 0.3) is 0 Å². The average Bonchev–Trinajstić information content (AvgIpc) is 2.86. The molecule has 0 fully saturated rings. The van der Waals surface area contributed by atoms with Crippen LogP contribution in [0.5, 0.6) is 11.5 Å². The highest BCUT2D eigenvalue weighted by molar-refractivity contribution is 5.74. The Morgan fingerprint density at radius 3 is 1.16 bits per heavy atom. The molecule has 0 N–H and O–H groups in total. The number of rotatable bonds is 7. The molecule has 0 saturated carbocycles. The van der Waals surface area contributed by atoms with Crippen molar-refractivity contribution in [1.82, 2.24) is 9.97 Å². The number of pyridine rings is 2. The molecule has 0 spiro atoms. The molecule has 2 aromatic carbocycles. The second-order valence-electron chi connectivity index (χ2n) is 11.2. The molecule has 0 unspecified atom stereocenters. The summed E-state index contributed by atoms with van der Waals surface area (Å²) in [6, 6.07) is 24.3. The highest BCUT2D eigenvalue weighted by atomic mass is 16.5. The number of nitrogens with zero attached hydrogens (tertiary/aromatic N) is 2. The van der Waals surface area contributed by atoms with Crippen LogP contribution in [-0.4, -0.2) is 21.2 Å². The van der Waals surface area contributed by atoms with E-state index in [0.29, 0.717) is 0 Å². The van der Waals surface area contributed by atoms with Crippen molar-refractivity contribution in [2.45, 2.75) is 52.7 Å². The van der Waals surface area contributed by atoms with Crippen molar-refractivity contribution in [2.24, 2.45) is 0 Å². The van der Waals surface area contributed by atoms with E-state index in [4.69, 9.17) is 9.47 Å². The molecule has 0 aliphatic carbocycles. The van der Waals surface area contributed by atoms with Crippen LogP contribution in [0.2, 0.25) is 0 Å². The zero-order chi connectivity index (χ0) is 27.2. The Bertz CT molecular complexity index is 1290. The first-order valence-electron chi connectivity index (χ1n) is 12.9. The van der Waals surface area contributed by atoms with E-state index in [0.717, 1.165) is 45.1 Å². The minimum Gasteiger partial charge on any atom is -0.488 e. The third kappa shape index (κ3) is 8.45. The Balaban J connectivity index is 1.44. The van der Waals surface area contributed by atoms with Gasteiger partial charge in [-0.15, -0.1) is 0 Å². The van der Waals surface area contributed by atoms with Gasteiger partial charge in [0.2, 0.25) is 0 Å². The van der Waals surface area contributed by atoms with Crippen LogP contribution in [0.4, 0.5) is 0 Å². The smallest absolute Gasteiger partial charge is 0.120 e. The average molecular weight is 505 g/mol. The van der Waals surface area contributed by atoms with Gasteiger partial charge in [0, 0.05) is 12.4 Å². The SMILES string of the molecule is CC(C)(C)Oc1ccc(C=Cc2ccnc(-c3cc(C=Cc4ccc(OC(C)(C)C)cc4)ccn3)c2)cc1. The van der Waals surface area contributed by atoms with Gasteiger partial charge in [-0.2, -0.15) is 0 Å². The number of hydrogen-bond donors (Lipinski definition) is 0. The van der Waals surface area contributed by atoms with Crippen LogP contribution < -0.4 is 9.47 Å². The van der Waals surface area contributed by atoms with Crippen molar-refractivity contribution < 1.29 is 9.47 Å². The van der Waals surface area contributed by atoms with Gasteiger partial charge in [-0.05, 0) is 112 Å². The highest BCUT2D eigenvalue weighted by Gasteiger charge is 2.12. The molecule has 0 amide bonds. The van der Waals surface area contributed by atoms with Gasteiger partial charge in [0.05, 0.1) is 11.4 Å². The lowest BCUT2D eigenvalue weighted by molar-refractivity contribution is 0.130. The Kier molecular flexibility index (Phi) is 8.11. The first kappa shape index (κ1) is 26.9. The molecule has 38 heavy (non-hydrogen) atoms. The van der Waals surface area contributed by atoms with Gasteiger partial charge in [0.15, 0.2) is 0 Å². The lowest BCUT2D eigenvalue weighted by Crippen LogP contribution is -2.22. The van der Waals surface area contributed by atoms with Gasteiger partial charge in [0.1, 0.15) is 22.7 Å². The molecule has 4 aromatic rings. The Morgan fingerprint density at radius 2 is 0.816 bits per heavy atom. The van der Waals surface area contributed by atoms with Crippen molar-refractivity contribution >= 4 is 24.3 Å². The summed E-state index contributed by atoms with van der Waals surface area (Å²) in [7, 11) is 0. The zero-order valence-corrected chi connectivity index (χ0v) is 23.1. The van der Waals surface area contributed by atoms with E-state index in [2.05, 4.69) is 70.7 Å². The quantitative estimate of drug-likeness (QED) is 0.252. The number of aromatic nitrogens is 2.